The quantitative estimate of drug-likeness (QED) is 0.507. The van der Waals surface area contributed by atoms with E-state index in [4.69, 9.17) is 0 Å². The third kappa shape index (κ3) is 2.21. The number of hydrogen-bond donors (Lipinski definition) is 0. The van der Waals surface area contributed by atoms with Crippen LogP contribution >= 0.6 is 0 Å². The summed E-state index contributed by atoms with van der Waals surface area (Å²) in [5, 5.41) is 0. The standard InChI is InChI=1S/C10H8F2O/c1-7(11)9(12)10(13)8-5-3-2-4-6-8/h2-6H,1H3/b9-7-. The van der Waals surface area contributed by atoms with Gasteiger partial charge in [-0.05, 0) is 6.92 Å². The van der Waals surface area contributed by atoms with Gasteiger partial charge in [0, 0.05) is 5.56 Å². The van der Waals surface area contributed by atoms with E-state index in [-0.39, 0.29) is 5.56 Å². The van der Waals surface area contributed by atoms with Crippen LogP contribution in [0.15, 0.2) is 42.0 Å². The third-order valence-electron chi connectivity index (χ3n) is 1.54. The van der Waals surface area contributed by atoms with Crippen molar-refractivity contribution in [2.45, 2.75) is 6.92 Å². The van der Waals surface area contributed by atoms with E-state index in [9.17, 15) is 13.6 Å². The Morgan fingerprint density at radius 1 is 1.15 bits per heavy atom. The summed E-state index contributed by atoms with van der Waals surface area (Å²) in [4.78, 5) is 11.1. The van der Waals surface area contributed by atoms with Crippen LogP contribution in [0.1, 0.15) is 17.3 Å². The average molecular weight is 182 g/mol. The molecule has 0 radical (unpaired) electrons. The van der Waals surface area contributed by atoms with Crippen LogP contribution in [0.2, 0.25) is 0 Å². The molecule has 0 atom stereocenters. The minimum atomic E-state index is -1.33. The van der Waals surface area contributed by atoms with Crippen molar-refractivity contribution in [2.75, 3.05) is 0 Å². The largest absolute Gasteiger partial charge is 0.286 e. The maximum atomic E-state index is 12.8. The molecule has 0 aliphatic carbocycles. The highest BCUT2D eigenvalue weighted by Crippen LogP contribution is 2.13. The highest BCUT2D eigenvalue weighted by molar-refractivity contribution is 6.07. The van der Waals surface area contributed by atoms with E-state index in [0.717, 1.165) is 6.92 Å². The lowest BCUT2D eigenvalue weighted by atomic mass is 10.1. The number of allylic oxidation sites excluding steroid dienone is 2. The lowest BCUT2D eigenvalue weighted by Crippen LogP contribution is -2.00. The first-order valence-electron chi connectivity index (χ1n) is 3.74. The molecular weight excluding hydrogens is 174 g/mol. The number of carbonyl (C=O) groups is 1. The molecule has 0 heterocycles. The van der Waals surface area contributed by atoms with E-state index in [1.165, 1.54) is 12.1 Å². The summed E-state index contributed by atoms with van der Waals surface area (Å²) in [5.74, 6) is -3.33. The fourth-order valence-electron chi connectivity index (χ4n) is 0.873. The number of carbonyl (C=O) groups excluding carboxylic acids is 1. The maximum absolute atomic E-state index is 12.8. The Labute approximate surface area is 74.7 Å². The molecule has 0 aliphatic heterocycles. The molecule has 13 heavy (non-hydrogen) atoms. The normalized spacial score (nSPS) is 12.2. The van der Waals surface area contributed by atoms with E-state index >= 15 is 0 Å². The number of Topliss-reactive ketones (excluding diaryl/α,β-unsaturated/α-hetero) is 1. The molecule has 0 N–H and O–H groups in total. The van der Waals surface area contributed by atoms with E-state index in [1.807, 2.05) is 0 Å². The van der Waals surface area contributed by atoms with Crippen LogP contribution in [0.5, 0.6) is 0 Å². The zero-order valence-corrected chi connectivity index (χ0v) is 7.05. The Hall–Kier alpha value is -1.51. The van der Waals surface area contributed by atoms with Crippen LogP contribution in [0.25, 0.3) is 0 Å². The second-order valence-corrected chi connectivity index (χ2v) is 2.54. The van der Waals surface area contributed by atoms with Crippen molar-refractivity contribution < 1.29 is 13.6 Å². The monoisotopic (exact) mass is 182 g/mol. The van der Waals surface area contributed by atoms with Crippen LogP contribution in [-0.4, -0.2) is 5.78 Å². The van der Waals surface area contributed by atoms with E-state index < -0.39 is 17.4 Å². The van der Waals surface area contributed by atoms with Gasteiger partial charge in [0.25, 0.3) is 0 Å². The molecule has 0 aliphatic rings. The minimum Gasteiger partial charge on any atom is -0.286 e. The van der Waals surface area contributed by atoms with Gasteiger partial charge >= 0.3 is 0 Å². The lowest BCUT2D eigenvalue weighted by molar-refractivity contribution is 0.1000. The summed E-state index contributed by atoms with van der Waals surface area (Å²) >= 11 is 0. The molecule has 0 saturated heterocycles. The van der Waals surface area contributed by atoms with Gasteiger partial charge in [0.2, 0.25) is 11.6 Å². The topological polar surface area (TPSA) is 17.1 Å². The summed E-state index contributed by atoms with van der Waals surface area (Å²) in [7, 11) is 0. The molecule has 0 amide bonds. The zero-order chi connectivity index (χ0) is 9.84. The Morgan fingerprint density at radius 2 is 1.69 bits per heavy atom. The molecule has 0 spiro atoms. The van der Waals surface area contributed by atoms with Gasteiger partial charge in [-0.2, -0.15) is 4.39 Å². The van der Waals surface area contributed by atoms with Gasteiger partial charge in [0.05, 0.1) is 0 Å². The highest BCUT2D eigenvalue weighted by Gasteiger charge is 2.14. The number of rotatable bonds is 2. The second-order valence-electron chi connectivity index (χ2n) is 2.54. The van der Waals surface area contributed by atoms with Crippen molar-refractivity contribution in [3.63, 3.8) is 0 Å². The molecule has 0 saturated carbocycles. The Morgan fingerprint density at radius 3 is 2.15 bits per heavy atom. The first-order valence-corrected chi connectivity index (χ1v) is 3.74. The molecular formula is C10H8F2O. The fourth-order valence-corrected chi connectivity index (χ4v) is 0.873. The van der Waals surface area contributed by atoms with Crippen LogP contribution in [0.4, 0.5) is 8.78 Å². The van der Waals surface area contributed by atoms with Crippen molar-refractivity contribution in [2.24, 2.45) is 0 Å². The third-order valence-corrected chi connectivity index (χ3v) is 1.54. The Kier molecular flexibility index (Phi) is 2.90. The summed E-state index contributed by atoms with van der Waals surface area (Å²) in [6.07, 6.45) is 0. The first-order chi connectivity index (χ1) is 6.13. The minimum absolute atomic E-state index is 0.150. The second kappa shape index (κ2) is 3.94. The van der Waals surface area contributed by atoms with Gasteiger partial charge in [0.15, 0.2) is 0 Å². The van der Waals surface area contributed by atoms with Gasteiger partial charge in [-0.25, -0.2) is 4.39 Å². The summed E-state index contributed by atoms with van der Waals surface area (Å²) in [6, 6.07) is 7.75. The molecule has 0 aromatic heterocycles. The molecule has 1 aromatic rings. The molecule has 68 valence electrons. The fraction of sp³-hybridized carbons (Fsp3) is 0.100. The number of halogens is 2. The average Bonchev–Trinajstić information content (AvgIpc) is 2.17. The van der Waals surface area contributed by atoms with E-state index in [2.05, 4.69) is 0 Å². The molecule has 1 rings (SSSR count). The van der Waals surface area contributed by atoms with Gasteiger partial charge in [0.1, 0.15) is 5.83 Å². The predicted molar refractivity (Wildman–Crippen MR) is 45.7 cm³/mol. The van der Waals surface area contributed by atoms with Crippen molar-refractivity contribution in [1.29, 1.82) is 0 Å². The molecule has 1 aromatic carbocycles. The van der Waals surface area contributed by atoms with E-state index in [1.54, 1.807) is 18.2 Å². The lowest BCUT2D eigenvalue weighted by Gasteiger charge is -1.96. The highest BCUT2D eigenvalue weighted by atomic mass is 19.2. The van der Waals surface area contributed by atoms with Gasteiger partial charge in [-0.1, -0.05) is 30.3 Å². The molecule has 1 nitrogen and oxygen atoms in total. The van der Waals surface area contributed by atoms with Gasteiger partial charge in [-0.15, -0.1) is 0 Å². The van der Waals surface area contributed by atoms with Crippen molar-refractivity contribution in [3.8, 4) is 0 Å². The smallest absolute Gasteiger partial charge is 0.224 e. The van der Waals surface area contributed by atoms with Crippen LogP contribution in [0.3, 0.4) is 0 Å². The summed E-state index contributed by atoms with van der Waals surface area (Å²) in [6.45, 7) is 0.913. The summed E-state index contributed by atoms with van der Waals surface area (Å²) in [5.41, 5.74) is 0.150. The van der Waals surface area contributed by atoms with Crippen molar-refractivity contribution >= 4 is 5.78 Å². The van der Waals surface area contributed by atoms with Crippen molar-refractivity contribution in [3.05, 3.63) is 47.5 Å². The SMILES string of the molecule is C/C(F)=C(/F)C(=O)c1ccccc1. The predicted octanol–water partition coefficient (Wildman–Crippen LogP) is 3.04. The van der Waals surface area contributed by atoms with Crippen LogP contribution < -0.4 is 0 Å². The number of ketones is 1. The Bertz CT molecular complexity index is 337. The van der Waals surface area contributed by atoms with Gasteiger partial charge in [-0.3, -0.25) is 4.79 Å². The first kappa shape index (κ1) is 9.58. The molecule has 0 bridgehead atoms. The zero-order valence-electron chi connectivity index (χ0n) is 7.05. The van der Waals surface area contributed by atoms with Crippen molar-refractivity contribution in [1.82, 2.24) is 0 Å². The van der Waals surface area contributed by atoms with Crippen LogP contribution in [0, 0.1) is 0 Å². The molecule has 0 unspecified atom stereocenters. The molecule has 3 heteroatoms. The summed E-state index contributed by atoms with van der Waals surface area (Å²) < 4.78 is 25.1. The number of hydrogen-bond acceptors (Lipinski definition) is 1. The Balaban J connectivity index is 3.00. The molecule has 0 fully saturated rings. The number of benzene rings is 1. The van der Waals surface area contributed by atoms with Crippen LogP contribution in [-0.2, 0) is 0 Å². The van der Waals surface area contributed by atoms with E-state index in [0.29, 0.717) is 0 Å². The van der Waals surface area contributed by atoms with Gasteiger partial charge < -0.3 is 0 Å². The maximum Gasteiger partial charge on any atom is 0.224 e.